The zero-order valence-electron chi connectivity index (χ0n) is 13.5. The molecule has 1 aliphatic rings. The van der Waals surface area contributed by atoms with Gasteiger partial charge in [0, 0.05) is 24.0 Å². The van der Waals surface area contributed by atoms with E-state index in [1.807, 2.05) is 0 Å². The van der Waals surface area contributed by atoms with Crippen LogP contribution < -0.4 is 0 Å². The summed E-state index contributed by atoms with van der Waals surface area (Å²) in [6.45, 7) is 6.94. The Morgan fingerprint density at radius 3 is 1.32 bits per heavy atom. The Morgan fingerprint density at radius 1 is 0.818 bits per heavy atom. The molecule has 6 nitrogen and oxygen atoms in total. The molecule has 0 amide bonds. The third kappa shape index (κ3) is 4.64. The zero-order valence-corrected chi connectivity index (χ0v) is 16.8. The fourth-order valence-corrected chi connectivity index (χ4v) is 6.25. The number of rotatable bonds is 6. The van der Waals surface area contributed by atoms with Gasteiger partial charge in [0.2, 0.25) is 0 Å². The second-order valence-corrected chi connectivity index (χ2v) is 15.2. The molecule has 1 aliphatic heterocycles. The minimum Gasteiger partial charge on any atom is -0.218 e. The second-order valence-electron chi connectivity index (χ2n) is 6.30. The summed E-state index contributed by atoms with van der Waals surface area (Å²) in [5.74, 6) is 0.321. The molecule has 129 valence electrons. The van der Waals surface area contributed by atoms with E-state index in [1.165, 1.54) is 0 Å². The van der Waals surface area contributed by atoms with E-state index >= 15 is 0 Å². The van der Waals surface area contributed by atoms with Crippen LogP contribution in [0.5, 0.6) is 0 Å². The highest BCUT2D eigenvalue weighted by atomic mass is 33.1. The molecule has 0 aliphatic carbocycles. The zero-order chi connectivity index (χ0) is 17.6. The smallest absolute Gasteiger partial charge is 0.199 e. The second kappa shape index (κ2) is 6.29. The van der Waals surface area contributed by atoms with Gasteiger partial charge in [0.15, 0.2) is 17.7 Å². The Hall–Kier alpha value is 0.260. The van der Waals surface area contributed by atoms with E-state index in [1.54, 1.807) is 27.7 Å². The molecule has 0 atom stereocenters. The summed E-state index contributed by atoms with van der Waals surface area (Å²) >= 11 is 0. The number of hydrogen-bond acceptors (Lipinski definition) is 7. The van der Waals surface area contributed by atoms with Gasteiger partial charge < -0.3 is 0 Å². The highest BCUT2D eigenvalue weighted by molar-refractivity contribution is 8.72. The van der Waals surface area contributed by atoms with E-state index in [-0.39, 0.29) is 11.5 Å². The Bertz CT molecular complexity index is 618. The van der Waals surface area contributed by atoms with Gasteiger partial charge >= 0.3 is 0 Å². The van der Waals surface area contributed by atoms with Crippen LogP contribution in [-0.2, 0) is 22.9 Å². The monoisotopic (exact) mass is 388 g/mol. The van der Waals surface area contributed by atoms with Crippen molar-refractivity contribution in [3.8, 4) is 0 Å². The summed E-state index contributed by atoms with van der Waals surface area (Å²) in [6.07, 6.45) is 2.23. The molecule has 0 unspecified atom stereocenters. The molecule has 0 saturated heterocycles. The third-order valence-electron chi connectivity index (χ3n) is 3.69. The van der Waals surface area contributed by atoms with Gasteiger partial charge in [-0.15, -0.1) is 10.3 Å². The van der Waals surface area contributed by atoms with Crippen LogP contribution in [0.2, 0.25) is 0 Å². The summed E-state index contributed by atoms with van der Waals surface area (Å²) in [7, 11) is -4.97. The van der Waals surface area contributed by atoms with Crippen LogP contribution in [0.4, 0.5) is 0 Å². The van der Waals surface area contributed by atoms with Crippen molar-refractivity contribution in [2.45, 2.75) is 38.8 Å². The molecular weight excluding hydrogens is 366 g/mol. The van der Waals surface area contributed by atoms with E-state index in [0.29, 0.717) is 11.1 Å². The highest BCUT2D eigenvalue weighted by Gasteiger charge is 2.51. The maximum atomic E-state index is 12.6. The van der Waals surface area contributed by atoms with Gasteiger partial charge in [0.1, 0.15) is 0 Å². The number of hydroxylamine groups is 2. The fourth-order valence-electron chi connectivity index (χ4n) is 2.54. The van der Waals surface area contributed by atoms with Crippen LogP contribution in [0.25, 0.3) is 0 Å². The molecule has 10 heteroatoms. The molecule has 0 fully saturated rings. The lowest BCUT2D eigenvalue weighted by Crippen LogP contribution is -2.48. The Balaban J connectivity index is 3.27. The molecule has 0 spiro atoms. The standard InChI is InChI=1S/C12H22NO5S4/c1-11(2)9(7-19-21(5,15)16)10(8-20-22(6,17)18)12(3,4)13(11)14/h7-8H2,1-6H3. The average Bonchev–Trinajstić information content (AvgIpc) is 2.40. The van der Waals surface area contributed by atoms with E-state index in [4.69, 9.17) is 0 Å². The lowest BCUT2D eigenvalue weighted by atomic mass is 9.93. The van der Waals surface area contributed by atoms with Crippen molar-refractivity contribution in [3.05, 3.63) is 11.1 Å². The van der Waals surface area contributed by atoms with E-state index in [2.05, 4.69) is 0 Å². The molecule has 1 radical (unpaired) electrons. The van der Waals surface area contributed by atoms with Gasteiger partial charge in [-0.2, -0.15) is 0 Å². The average molecular weight is 389 g/mol. The van der Waals surface area contributed by atoms with Gasteiger partial charge in [-0.1, -0.05) is 0 Å². The number of nitrogens with zero attached hydrogens (tertiary/aromatic N) is 1. The minimum atomic E-state index is -3.25. The molecular formula is C12H22NO5S4. The van der Waals surface area contributed by atoms with E-state index in [0.717, 1.165) is 39.2 Å². The van der Waals surface area contributed by atoms with Crippen LogP contribution in [0, 0.1) is 0 Å². The van der Waals surface area contributed by atoms with Crippen molar-refractivity contribution >= 4 is 39.3 Å². The first-order chi connectivity index (χ1) is 9.59. The summed E-state index contributed by atoms with van der Waals surface area (Å²) in [5, 5.41) is 13.5. The molecule has 0 saturated carbocycles. The summed E-state index contributed by atoms with van der Waals surface area (Å²) in [5.41, 5.74) is -0.346. The SMILES string of the molecule is CC1(C)C(CSS(C)(=O)=O)=C(CSS(C)(=O)=O)C(C)(C)N1[O]. The van der Waals surface area contributed by atoms with E-state index in [9.17, 15) is 22.0 Å². The van der Waals surface area contributed by atoms with E-state index < -0.39 is 28.8 Å². The number of hydrogen-bond donors (Lipinski definition) is 0. The molecule has 22 heavy (non-hydrogen) atoms. The fraction of sp³-hybridized carbons (Fsp3) is 0.833. The largest absolute Gasteiger partial charge is 0.218 e. The van der Waals surface area contributed by atoms with Gasteiger partial charge in [-0.05, 0) is 60.4 Å². The van der Waals surface area contributed by atoms with Gasteiger partial charge in [-0.3, -0.25) is 0 Å². The Morgan fingerprint density at radius 2 is 1.09 bits per heavy atom. The molecule has 0 aromatic rings. The van der Waals surface area contributed by atoms with Crippen molar-refractivity contribution in [2.75, 3.05) is 24.0 Å². The summed E-state index contributed by atoms with van der Waals surface area (Å²) in [4.78, 5) is 0. The molecule has 1 heterocycles. The van der Waals surface area contributed by atoms with Gasteiger partial charge in [-0.25, -0.2) is 16.8 Å². The van der Waals surface area contributed by atoms with Crippen LogP contribution in [-0.4, -0.2) is 57.0 Å². The first kappa shape index (κ1) is 20.3. The lowest BCUT2D eigenvalue weighted by molar-refractivity contribution is -0.240. The summed E-state index contributed by atoms with van der Waals surface area (Å²) < 4.78 is 45.7. The molecule has 0 N–H and O–H groups in total. The van der Waals surface area contributed by atoms with Gasteiger partial charge in [0.25, 0.3) is 0 Å². The predicted octanol–water partition coefficient (Wildman–Crippen LogP) is 1.89. The van der Waals surface area contributed by atoms with Gasteiger partial charge in [0.05, 0.1) is 11.1 Å². The first-order valence-corrected chi connectivity index (χ1v) is 13.3. The summed E-state index contributed by atoms with van der Waals surface area (Å²) in [6, 6.07) is 0. The Labute approximate surface area is 140 Å². The van der Waals surface area contributed by atoms with Crippen molar-refractivity contribution in [3.63, 3.8) is 0 Å². The van der Waals surface area contributed by atoms with Crippen LogP contribution in [0.1, 0.15) is 27.7 Å². The molecule has 1 rings (SSSR count). The topological polar surface area (TPSA) is 91.4 Å². The lowest BCUT2D eigenvalue weighted by Gasteiger charge is -2.34. The Kier molecular flexibility index (Phi) is 5.80. The molecule has 0 bridgehead atoms. The van der Waals surface area contributed by atoms with Crippen molar-refractivity contribution in [2.24, 2.45) is 0 Å². The molecule has 0 aromatic heterocycles. The quantitative estimate of drug-likeness (QED) is 0.507. The molecule has 0 aromatic carbocycles. The van der Waals surface area contributed by atoms with Crippen LogP contribution >= 0.6 is 21.6 Å². The van der Waals surface area contributed by atoms with Crippen LogP contribution in [0.3, 0.4) is 0 Å². The maximum Gasteiger partial charge on any atom is 0.199 e. The normalized spacial score (nSPS) is 22.3. The maximum absolute atomic E-state index is 12.6. The van der Waals surface area contributed by atoms with Crippen LogP contribution in [0.15, 0.2) is 11.1 Å². The third-order valence-corrected chi connectivity index (χ3v) is 8.64. The van der Waals surface area contributed by atoms with Crippen molar-refractivity contribution in [1.82, 2.24) is 5.06 Å². The predicted molar refractivity (Wildman–Crippen MR) is 92.3 cm³/mol. The highest BCUT2D eigenvalue weighted by Crippen LogP contribution is 2.46. The van der Waals surface area contributed by atoms with Crippen molar-refractivity contribution in [1.29, 1.82) is 0 Å². The first-order valence-electron chi connectivity index (χ1n) is 6.48. The van der Waals surface area contributed by atoms with Crippen molar-refractivity contribution < 1.29 is 22.0 Å². The minimum absolute atomic E-state index is 0.160.